The molecule has 104 valence electrons. The summed E-state index contributed by atoms with van der Waals surface area (Å²) < 4.78 is 5.14. The van der Waals surface area contributed by atoms with Crippen molar-refractivity contribution in [2.45, 2.75) is 26.8 Å². The number of aryl methyl sites for hydroxylation is 1. The van der Waals surface area contributed by atoms with Crippen molar-refractivity contribution in [3.63, 3.8) is 0 Å². The SMILES string of the molecule is Cc1noc(NC(=O)c2cccc3c2CCNC3)c1C. The minimum Gasteiger partial charge on any atom is -0.338 e. The van der Waals surface area contributed by atoms with E-state index >= 15 is 0 Å². The van der Waals surface area contributed by atoms with Gasteiger partial charge in [-0.15, -0.1) is 0 Å². The van der Waals surface area contributed by atoms with Gasteiger partial charge in [-0.05, 0) is 44.0 Å². The zero-order valence-electron chi connectivity index (χ0n) is 11.6. The molecule has 2 N–H and O–H groups in total. The average molecular weight is 271 g/mol. The van der Waals surface area contributed by atoms with Gasteiger partial charge < -0.3 is 9.84 Å². The monoisotopic (exact) mass is 271 g/mol. The number of benzene rings is 1. The maximum Gasteiger partial charge on any atom is 0.258 e. The van der Waals surface area contributed by atoms with Crippen molar-refractivity contribution in [1.82, 2.24) is 10.5 Å². The molecule has 1 aliphatic rings. The molecule has 0 aliphatic carbocycles. The van der Waals surface area contributed by atoms with E-state index in [0.29, 0.717) is 5.88 Å². The van der Waals surface area contributed by atoms with Crippen LogP contribution < -0.4 is 10.6 Å². The van der Waals surface area contributed by atoms with Gasteiger partial charge in [-0.25, -0.2) is 0 Å². The molecule has 0 fully saturated rings. The summed E-state index contributed by atoms with van der Waals surface area (Å²) in [5.41, 5.74) is 4.69. The summed E-state index contributed by atoms with van der Waals surface area (Å²) in [6, 6.07) is 5.83. The molecule has 1 amide bonds. The Kier molecular flexibility index (Phi) is 3.28. The lowest BCUT2D eigenvalue weighted by Gasteiger charge is -2.19. The van der Waals surface area contributed by atoms with Crippen molar-refractivity contribution >= 4 is 11.8 Å². The zero-order valence-corrected chi connectivity index (χ0v) is 11.6. The summed E-state index contributed by atoms with van der Waals surface area (Å²) in [6.45, 7) is 5.45. The van der Waals surface area contributed by atoms with Crippen LogP contribution in [0.5, 0.6) is 0 Å². The van der Waals surface area contributed by atoms with Crippen molar-refractivity contribution in [1.29, 1.82) is 0 Å². The number of aromatic nitrogens is 1. The highest BCUT2D eigenvalue weighted by Crippen LogP contribution is 2.22. The number of hydrogen-bond acceptors (Lipinski definition) is 4. The number of hydrogen-bond donors (Lipinski definition) is 2. The van der Waals surface area contributed by atoms with Crippen LogP contribution in [0, 0.1) is 13.8 Å². The Morgan fingerprint density at radius 1 is 1.40 bits per heavy atom. The molecular formula is C15H17N3O2. The van der Waals surface area contributed by atoms with Crippen molar-refractivity contribution in [3.8, 4) is 0 Å². The van der Waals surface area contributed by atoms with Gasteiger partial charge in [0.25, 0.3) is 5.91 Å². The molecule has 3 rings (SSSR count). The zero-order chi connectivity index (χ0) is 14.1. The Labute approximate surface area is 117 Å². The summed E-state index contributed by atoms with van der Waals surface area (Å²) in [4.78, 5) is 12.4. The number of nitrogens with one attached hydrogen (secondary N) is 2. The molecule has 0 atom stereocenters. The lowest BCUT2D eigenvalue weighted by Crippen LogP contribution is -2.26. The Morgan fingerprint density at radius 2 is 2.25 bits per heavy atom. The summed E-state index contributed by atoms with van der Waals surface area (Å²) in [5.74, 6) is 0.294. The first-order valence-electron chi connectivity index (χ1n) is 6.72. The summed E-state index contributed by atoms with van der Waals surface area (Å²) in [5, 5.41) is 9.97. The number of anilines is 1. The van der Waals surface area contributed by atoms with Crippen molar-refractivity contribution in [2.24, 2.45) is 0 Å². The molecular weight excluding hydrogens is 254 g/mol. The van der Waals surface area contributed by atoms with Crippen LogP contribution >= 0.6 is 0 Å². The predicted octanol–water partition coefficient (Wildman–Crippen LogP) is 2.19. The number of nitrogens with zero attached hydrogens (tertiary/aromatic N) is 1. The second kappa shape index (κ2) is 5.09. The van der Waals surface area contributed by atoms with Crippen molar-refractivity contribution in [3.05, 3.63) is 46.1 Å². The van der Waals surface area contributed by atoms with Crippen LogP contribution in [0.4, 0.5) is 5.88 Å². The molecule has 5 heteroatoms. The van der Waals surface area contributed by atoms with E-state index in [0.717, 1.165) is 41.9 Å². The summed E-state index contributed by atoms with van der Waals surface area (Å²) in [6.07, 6.45) is 0.868. The highest BCUT2D eigenvalue weighted by Gasteiger charge is 2.19. The minimum atomic E-state index is -0.136. The van der Waals surface area contributed by atoms with E-state index in [1.165, 1.54) is 5.56 Å². The number of amides is 1. The maximum absolute atomic E-state index is 12.4. The molecule has 0 bridgehead atoms. The smallest absolute Gasteiger partial charge is 0.258 e. The normalized spacial score (nSPS) is 13.9. The molecule has 2 aromatic rings. The van der Waals surface area contributed by atoms with E-state index in [9.17, 15) is 4.79 Å². The predicted molar refractivity (Wildman–Crippen MR) is 75.8 cm³/mol. The lowest BCUT2D eigenvalue weighted by atomic mass is 9.95. The third kappa shape index (κ3) is 2.20. The standard InChI is InChI=1S/C15H17N3O2/c1-9-10(2)18-20-15(9)17-14(19)13-5-3-4-11-8-16-7-6-12(11)13/h3-5,16H,6-8H2,1-2H3,(H,17,19). The molecule has 2 heterocycles. The first-order chi connectivity index (χ1) is 9.66. The Bertz CT molecular complexity index is 661. The Morgan fingerprint density at radius 3 is 3.00 bits per heavy atom. The fourth-order valence-corrected chi connectivity index (χ4v) is 2.45. The highest BCUT2D eigenvalue weighted by atomic mass is 16.5. The third-order valence-corrected chi connectivity index (χ3v) is 3.77. The fourth-order valence-electron chi connectivity index (χ4n) is 2.45. The Balaban J connectivity index is 1.89. The number of carbonyl (C=O) groups excluding carboxylic acids is 1. The summed E-state index contributed by atoms with van der Waals surface area (Å²) >= 11 is 0. The van der Waals surface area contributed by atoms with Crippen LogP contribution in [-0.2, 0) is 13.0 Å². The molecule has 5 nitrogen and oxygen atoms in total. The second-order valence-corrected chi connectivity index (χ2v) is 5.05. The van der Waals surface area contributed by atoms with Crippen molar-refractivity contribution < 1.29 is 9.32 Å². The molecule has 0 saturated heterocycles. The molecule has 0 spiro atoms. The largest absolute Gasteiger partial charge is 0.338 e. The van der Waals surface area contributed by atoms with E-state index in [2.05, 4.69) is 21.9 Å². The average Bonchev–Trinajstić information content (AvgIpc) is 2.78. The van der Waals surface area contributed by atoms with E-state index < -0.39 is 0 Å². The van der Waals surface area contributed by atoms with Crippen LogP contribution in [0.25, 0.3) is 0 Å². The molecule has 0 saturated carbocycles. The number of carbonyl (C=O) groups is 1. The van der Waals surface area contributed by atoms with E-state index in [-0.39, 0.29) is 5.91 Å². The lowest BCUT2D eigenvalue weighted by molar-refractivity contribution is 0.102. The van der Waals surface area contributed by atoms with Gasteiger partial charge in [0.15, 0.2) is 0 Å². The number of fused-ring (bicyclic) bond motifs is 1. The third-order valence-electron chi connectivity index (χ3n) is 3.77. The van der Waals surface area contributed by atoms with Crippen LogP contribution in [0.1, 0.15) is 32.7 Å². The summed E-state index contributed by atoms with van der Waals surface area (Å²) in [7, 11) is 0. The molecule has 20 heavy (non-hydrogen) atoms. The van der Waals surface area contributed by atoms with E-state index in [1.54, 1.807) is 0 Å². The van der Waals surface area contributed by atoms with E-state index in [4.69, 9.17) is 4.52 Å². The first-order valence-corrected chi connectivity index (χ1v) is 6.72. The van der Waals surface area contributed by atoms with Crippen LogP contribution in [0.15, 0.2) is 22.7 Å². The molecule has 1 aromatic heterocycles. The Hall–Kier alpha value is -2.14. The van der Waals surface area contributed by atoms with Gasteiger partial charge in [0.1, 0.15) is 0 Å². The topological polar surface area (TPSA) is 67.2 Å². The van der Waals surface area contributed by atoms with Gasteiger partial charge >= 0.3 is 0 Å². The van der Waals surface area contributed by atoms with Gasteiger partial charge in [-0.1, -0.05) is 17.3 Å². The second-order valence-electron chi connectivity index (χ2n) is 5.05. The van der Waals surface area contributed by atoms with Crippen LogP contribution in [0.2, 0.25) is 0 Å². The molecule has 1 aromatic carbocycles. The highest BCUT2D eigenvalue weighted by molar-refractivity contribution is 6.05. The maximum atomic E-state index is 12.4. The van der Waals surface area contributed by atoms with Gasteiger partial charge in [0, 0.05) is 17.7 Å². The molecule has 0 radical (unpaired) electrons. The van der Waals surface area contributed by atoms with Gasteiger partial charge in [-0.2, -0.15) is 0 Å². The van der Waals surface area contributed by atoms with Gasteiger partial charge in [-0.3, -0.25) is 10.1 Å². The van der Waals surface area contributed by atoms with E-state index in [1.807, 2.05) is 26.0 Å². The minimum absolute atomic E-state index is 0.136. The van der Waals surface area contributed by atoms with Crippen LogP contribution in [-0.4, -0.2) is 17.6 Å². The first kappa shape index (κ1) is 12.9. The van der Waals surface area contributed by atoms with Crippen LogP contribution in [0.3, 0.4) is 0 Å². The number of rotatable bonds is 2. The van der Waals surface area contributed by atoms with Crippen molar-refractivity contribution in [2.75, 3.05) is 11.9 Å². The fraction of sp³-hybridized carbons (Fsp3) is 0.333. The molecule has 0 unspecified atom stereocenters. The quantitative estimate of drug-likeness (QED) is 0.878. The van der Waals surface area contributed by atoms with Gasteiger partial charge in [0.05, 0.1) is 5.69 Å². The molecule has 1 aliphatic heterocycles. The van der Waals surface area contributed by atoms with Gasteiger partial charge in [0.2, 0.25) is 5.88 Å².